The fraction of sp³-hybridized carbons (Fsp3) is 0. The molecule has 0 bridgehead atoms. The summed E-state index contributed by atoms with van der Waals surface area (Å²) in [5, 5.41) is 10.5. The van der Waals surface area contributed by atoms with Crippen LogP contribution in [0.2, 0.25) is 0 Å². The molecule has 0 aliphatic heterocycles. The van der Waals surface area contributed by atoms with Crippen molar-refractivity contribution in [1.82, 2.24) is 9.13 Å². The first-order valence-corrected chi connectivity index (χ1v) is 23.8. The van der Waals surface area contributed by atoms with Crippen LogP contribution in [0.4, 0.5) is 0 Å². The first kappa shape index (κ1) is 36.8. The lowest BCUT2D eigenvalue weighted by Crippen LogP contribution is -2.74. The molecule has 0 unspecified atom stereocenters. The van der Waals surface area contributed by atoms with E-state index in [1.807, 2.05) is 0 Å². The average Bonchev–Trinajstić information content (AvgIpc) is 3.88. The maximum atomic E-state index is 2.50. The largest absolute Gasteiger partial charge is 0.309 e. The van der Waals surface area contributed by atoms with Crippen LogP contribution in [0.5, 0.6) is 0 Å². The van der Waals surface area contributed by atoms with E-state index >= 15 is 0 Å². The lowest BCUT2D eigenvalue weighted by Gasteiger charge is -2.35. The molecule has 2 nitrogen and oxygen atoms in total. The van der Waals surface area contributed by atoms with E-state index in [4.69, 9.17) is 0 Å². The standard InChI is InChI=1S/C60H42N2Si/c1-5-21-43(22-6-1)44-23-19-24-45(41-44)50-31-13-16-34-54(50)62-55-35-17-14-32-51(55)53-42-46(39-40-57(53)62)61-56-36-18-15-33-52(56)60-58(61)37-20-38-59(60)63(47-25-7-2-8-26-47,48-27-9-3-10-28-48)49-29-11-4-12-30-49/h1-42H. The van der Waals surface area contributed by atoms with Crippen LogP contribution in [0.1, 0.15) is 0 Å². The smallest absolute Gasteiger partial charge is 0.180 e. The van der Waals surface area contributed by atoms with Gasteiger partial charge in [0.1, 0.15) is 0 Å². The highest BCUT2D eigenvalue weighted by Crippen LogP contribution is 2.39. The predicted octanol–water partition coefficient (Wildman–Crippen LogP) is 12.6. The molecule has 2 heterocycles. The van der Waals surface area contributed by atoms with Gasteiger partial charge in [-0.1, -0.05) is 206 Å². The highest BCUT2D eigenvalue weighted by molar-refractivity contribution is 7.20. The van der Waals surface area contributed by atoms with Gasteiger partial charge >= 0.3 is 0 Å². The van der Waals surface area contributed by atoms with Crippen molar-refractivity contribution in [1.29, 1.82) is 0 Å². The van der Waals surface area contributed by atoms with E-state index in [0.717, 1.165) is 11.4 Å². The summed E-state index contributed by atoms with van der Waals surface area (Å²) in [6, 6.07) is 94.2. The van der Waals surface area contributed by atoms with Crippen LogP contribution >= 0.6 is 0 Å². The molecule has 0 saturated heterocycles. The zero-order chi connectivity index (χ0) is 41.7. The average molecular weight is 819 g/mol. The minimum absolute atomic E-state index is 1.14. The van der Waals surface area contributed by atoms with Gasteiger partial charge in [-0.3, -0.25) is 0 Å². The molecule has 0 fully saturated rings. The Balaban J connectivity index is 1.10. The Labute approximate surface area is 368 Å². The molecule has 12 rings (SSSR count). The predicted molar refractivity (Wildman–Crippen MR) is 270 cm³/mol. The number of benzene rings is 10. The lowest BCUT2D eigenvalue weighted by molar-refractivity contribution is 1.17. The molecular weight excluding hydrogens is 777 g/mol. The van der Waals surface area contributed by atoms with Gasteiger partial charge in [-0.15, -0.1) is 0 Å². The van der Waals surface area contributed by atoms with E-state index < -0.39 is 8.07 Å². The van der Waals surface area contributed by atoms with Crippen LogP contribution in [-0.2, 0) is 0 Å². The zero-order valence-electron chi connectivity index (χ0n) is 34.6. The van der Waals surface area contributed by atoms with E-state index in [2.05, 4.69) is 264 Å². The molecule has 0 N–H and O–H groups in total. The maximum Gasteiger partial charge on any atom is 0.180 e. The third-order valence-corrected chi connectivity index (χ3v) is 17.9. The molecule has 0 atom stereocenters. The first-order chi connectivity index (χ1) is 31.3. The molecule has 296 valence electrons. The van der Waals surface area contributed by atoms with Gasteiger partial charge in [-0.25, -0.2) is 0 Å². The quantitative estimate of drug-likeness (QED) is 0.107. The maximum absolute atomic E-state index is 2.86. The topological polar surface area (TPSA) is 9.86 Å². The zero-order valence-corrected chi connectivity index (χ0v) is 35.6. The number of hydrogen-bond donors (Lipinski definition) is 0. The van der Waals surface area contributed by atoms with E-state index in [1.165, 1.54) is 86.6 Å². The Morgan fingerprint density at radius 3 is 1.46 bits per heavy atom. The molecule has 0 aliphatic carbocycles. The fourth-order valence-corrected chi connectivity index (χ4v) is 15.4. The molecule has 0 amide bonds. The summed E-state index contributed by atoms with van der Waals surface area (Å²) in [5.74, 6) is 0. The van der Waals surface area contributed by atoms with Gasteiger partial charge in [-0.2, -0.15) is 0 Å². The highest BCUT2D eigenvalue weighted by Gasteiger charge is 2.43. The molecule has 0 aliphatic rings. The Morgan fingerprint density at radius 2 is 0.778 bits per heavy atom. The van der Waals surface area contributed by atoms with Crippen LogP contribution in [0.15, 0.2) is 255 Å². The molecule has 10 aromatic carbocycles. The summed E-state index contributed by atoms with van der Waals surface area (Å²) in [5.41, 5.74) is 11.9. The van der Waals surface area contributed by atoms with Gasteiger partial charge in [0.2, 0.25) is 0 Å². The Hall–Kier alpha value is -7.98. The second kappa shape index (κ2) is 15.2. The third kappa shape index (κ3) is 5.85. The highest BCUT2D eigenvalue weighted by atomic mass is 28.3. The summed E-state index contributed by atoms with van der Waals surface area (Å²) in [4.78, 5) is 0. The van der Waals surface area contributed by atoms with Crippen molar-refractivity contribution in [2.24, 2.45) is 0 Å². The second-order valence-electron chi connectivity index (χ2n) is 16.4. The van der Waals surface area contributed by atoms with Gasteiger partial charge in [0, 0.05) is 32.8 Å². The van der Waals surface area contributed by atoms with Gasteiger partial charge in [0.25, 0.3) is 0 Å². The van der Waals surface area contributed by atoms with Crippen molar-refractivity contribution in [3.8, 4) is 33.6 Å². The third-order valence-electron chi connectivity index (χ3n) is 13.1. The monoisotopic (exact) mass is 818 g/mol. The van der Waals surface area contributed by atoms with Gasteiger partial charge in [0.05, 0.1) is 27.8 Å². The summed E-state index contributed by atoms with van der Waals surface area (Å²) in [6.45, 7) is 0. The van der Waals surface area contributed by atoms with Crippen molar-refractivity contribution in [2.75, 3.05) is 0 Å². The summed E-state index contributed by atoms with van der Waals surface area (Å²) in [6.07, 6.45) is 0. The van der Waals surface area contributed by atoms with Gasteiger partial charge in [0.15, 0.2) is 8.07 Å². The van der Waals surface area contributed by atoms with Crippen molar-refractivity contribution in [2.45, 2.75) is 0 Å². The molecule has 63 heavy (non-hydrogen) atoms. The molecule has 12 aromatic rings. The van der Waals surface area contributed by atoms with Crippen LogP contribution in [0, 0.1) is 0 Å². The van der Waals surface area contributed by atoms with Crippen LogP contribution in [-0.4, -0.2) is 17.2 Å². The number of nitrogens with zero attached hydrogens (tertiary/aromatic N) is 2. The second-order valence-corrected chi connectivity index (χ2v) is 20.2. The summed E-state index contributed by atoms with van der Waals surface area (Å²) in [7, 11) is -2.86. The Kier molecular flexibility index (Phi) is 8.87. The van der Waals surface area contributed by atoms with E-state index in [1.54, 1.807) is 0 Å². The number of hydrogen-bond acceptors (Lipinski definition) is 0. The summed E-state index contributed by atoms with van der Waals surface area (Å²) >= 11 is 0. The van der Waals surface area contributed by atoms with Crippen molar-refractivity contribution in [3.63, 3.8) is 0 Å². The van der Waals surface area contributed by atoms with Gasteiger partial charge in [-0.05, 0) is 86.0 Å². The first-order valence-electron chi connectivity index (χ1n) is 21.8. The van der Waals surface area contributed by atoms with Crippen LogP contribution in [0.3, 0.4) is 0 Å². The van der Waals surface area contributed by atoms with Crippen LogP contribution in [0.25, 0.3) is 77.2 Å². The van der Waals surface area contributed by atoms with Crippen molar-refractivity contribution < 1.29 is 0 Å². The normalized spacial score (nSPS) is 11.8. The van der Waals surface area contributed by atoms with E-state index in [-0.39, 0.29) is 0 Å². The molecule has 2 aromatic heterocycles. The number of fused-ring (bicyclic) bond motifs is 6. The fourth-order valence-electron chi connectivity index (χ4n) is 10.4. The number of rotatable bonds is 8. The molecule has 3 heteroatoms. The van der Waals surface area contributed by atoms with E-state index in [9.17, 15) is 0 Å². The number of para-hydroxylation sites is 3. The van der Waals surface area contributed by atoms with Crippen molar-refractivity contribution >= 4 is 72.4 Å². The van der Waals surface area contributed by atoms with Gasteiger partial charge < -0.3 is 9.13 Å². The minimum atomic E-state index is -2.86. The minimum Gasteiger partial charge on any atom is -0.309 e. The van der Waals surface area contributed by atoms with Crippen molar-refractivity contribution in [3.05, 3.63) is 255 Å². The molecule has 0 saturated carbocycles. The Bertz CT molecular complexity index is 3510. The molecule has 0 radical (unpaired) electrons. The van der Waals surface area contributed by atoms with Crippen LogP contribution < -0.4 is 20.7 Å². The SMILES string of the molecule is c1ccc(-c2cccc(-c3ccccc3-n3c4ccccc4c4cc(-n5c6ccccc6c6c([Si](c7ccccc7)(c7ccccc7)c7ccccc7)cccc65)ccc43)c2)cc1. The lowest BCUT2D eigenvalue weighted by atomic mass is 9.98. The van der Waals surface area contributed by atoms with E-state index in [0.29, 0.717) is 0 Å². The molecule has 0 spiro atoms. The summed E-state index contributed by atoms with van der Waals surface area (Å²) < 4.78 is 4.96. The Morgan fingerprint density at radius 1 is 0.286 bits per heavy atom. The number of aromatic nitrogens is 2. The molecular formula is C60H42N2Si.